The summed E-state index contributed by atoms with van der Waals surface area (Å²) in [6.07, 6.45) is 5.25. The van der Waals surface area contributed by atoms with Crippen molar-refractivity contribution in [2.75, 3.05) is 10.6 Å². The molecule has 0 bridgehead atoms. The van der Waals surface area contributed by atoms with Gasteiger partial charge >= 0.3 is 6.03 Å². The first-order valence-corrected chi connectivity index (χ1v) is 9.45. The molecule has 2 N–H and O–H groups in total. The van der Waals surface area contributed by atoms with Gasteiger partial charge in [0.05, 0.1) is 0 Å². The molecule has 2 aromatic carbocycles. The number of hydrogen-bond acceptors (Lipinski definition) is 4. The number of amides is 2. The number of rotatable bonds is 5. The Bertz CT molecular complexity index is 1150. The summed E-state index contributed by atoms with van der Waals surface area (Å²) in [5.41, 5.74) is 3.59. The first-order valence-electron chi connectivity index (χ1n) is 9.45. The van der Waals surface area contributed by atoms with Crippen LogP contribution in [0.25, 0.3) is 5.82 Å². The third kappa shape index (κ3) is 4.64. The van der Waals surface area contributed by atoms with E-state index in [1.54, 1.807) is 30.3 Å². The summed E-state index contributed by atoms with van der Waals surface area (Å²) < 4.78 is 7.68. The van der Waals surface area contributed by atoms with Gasteiger partial charge in [0, 0.05) is 29.8 Å². The lowest BCUT2D eigenvalue weighted by atomic mass is 10.1. The van der Waals surface area contributed by atoms with Gasteiger partial charge in [-0.2, -0.15) is 0 Å². The van der Waals surface area contributed by atoms with Crippen molar-refractivity contribution < 1.29 is 9.53 Å². The van der Waals surface area contributed by atoms with Gasteiger partial charge < -0.3 is 19.9 Å². The van der Waals surface area contributed by atoms with E-state index >= 15 is 0 Å². The molecule has 0 aliphatic carbocycles. The van der Waals surface area contributed by atoms with E-state index in [4.69, 9.17) is 4.74 Å². The Hall–Kier alpha value is -4.13. The number of benzene rings is 2. The van der Waals surface area contributed by atoms with Crippen LogP contribution in [0.3, 0.4) is 0 Å². The minimum Gasteiger partial charge on any atom is -0.439 e. The molecular formula is C23H21N5O2. The van der Waals surface area contributed by atoms with Crippen LogP contribution in [0.4, 0.5) is 16.2 Å². The molecule has 2 aromatic heterocycles. The summed E-state index contributed by atoms with van der Waals surface area (Å²) in [6, 6.07) is 18.2. The van der Waals surface area contributed by atoms with Crippen LogP contribution in [-0.2, 0) is 0 Å². The minimum absolute atomic E-state index is 0.303. The molecule has 4 aromatic rings. The van der Waals surface area contributed by atoms with E-state index in [2.05, 4.69) is 20.6 Å². The quantitative estimate of drug-likeness (QED) is 0.476. The molecule has 30 heavy (non-hydrogen) atoms. The fourth-order valence-electron chi connectivity index (χ4n) is 2.98. The van der Waals surface area contributed by atoms with E-state index < -0.39 is 0 Å². The molecule has 0 aliphatic rings. The maximum Gasteiger partial charge on any atom is 0.323 e. The summed E-state index contributed by atoms with van der Waals surface area (Å²) in [7, 11) is 0. The van der Waals surface area contributed by atoms with E-state index in [-0.39, 0.29) is 6.03 Å². The van der Waals surface area contributed by atoms with Gasteiger partial charge in [-0.1, -0.05) is 17.7 Å². The third-order valence-corrected chi connectivity index (χ3v) is 4.46. The second-order valence-electron chi connectivity index (χ2n) is 6.83. The van der Waals surface area contributed by atoms with Gasteiger partial charge in [-0.3, -0.25) is 0 Å². The predicted molar refractivity (Wildman–Crippen MR) is 116 cm³/mol. The largest absolute Gasteiger partial charge is 0.439 e. The molecule has 2 amide bonds. The summed E-state index contributed by atoms with van der Waals surface area (Å²) >= 11 is 0. The number of nitrogens with zero attached hydrogens (tertiary/aromatic N) is 3. The molecule has 0 unspecified atom stereocenters. The minimum atomic E-state index is -0.303. The molecule has 150 valence electrons. The van der Waals surface area contributed by atoms with Gasteiger partial charge in [0.1, 0.15) is 17.9 Å². The van der Waals surface area contributed by atoms with Gasteiger partial charge in [0.2, 0.25) is 5.88 Å². The molecule has 0 atom stereocenters. The zero-order valence-corrected chi connectivity index (χ0v) is 16.7. The number of nitrogens with one attached hydrogen (secondary N) is 2. The van der Waals surface area contributed by atoms with Crippen LogP contribution in [0.2, 0.25) is 0 Å². The Morgan fingerprint density at radius 3 is 2.43 bits per heavy atom. The Balaban J connectivity index is 1.38. The van der Waals surface area contributed by atoms with Crippen molar-refractivity contribution in [3.05, 3.63) is 90.5 Å². The number of carbonyl (C=O) groups is 1. The van der Waals surface area contributed by atoms with Crippen molar-refractivity contribution in [3.63, 3.8) is 0 Å². The number of ether oxygens (including phenoxy) is 1. The second kappa shape index (κ2) is 8.48. The maximum atomic E-state index is 12.3. The van der Waals surface area contributed by atoms with Crippen molar-refractivity contribution in [1.29, 1.82) is 0 Å². The molecule has 2 heterocycles. The zero-order chi connectivity index (χ0) is 20.9. The lowest BCUT2D eigenvalue weighted by Crippen LogP contribution is -2.19. The van der Waals surface area contributed by atoms with Gasteiger partial charge in [-0.05, 0) is 61.9 Å². The first kappa shape index (κ1) is 19.2. The summed E-state index contributed by atoms with van der Waals surface area (Å²) in [5.74, 6) is 1.75. The summed E-state index contributed by atoms with van der Waals surface area (Å²) in [4.78, 5) is 20.7. The van der Waals surface area contributed by atoms with Gasteiger partial charge in [-0.25, -0.2) is 14.8 Å². The highest BCUT2D eigenvalue weighted by Crippen LogP contribution is 2.23. The fraction of sp³-hybridized carbons (Fsp3) is 0.0870. The van der Waals surface area contributed by atoms with Crippen LogP contribution in [-0.4, -0.2) is 20.6 Å². The lowest BCUT2D eigenvalue weighted by Gasteiger charge is -2.11. The molecule has 7 heteroatoms. The predicted octanol–water partition coefficient (Wildman–Crippen LogP) is 5.32. The average molecular weight is 399 g/mol. The Kier molecular flexibility index (Phi) is 5.43. The highest BCUT2D eigenvalue weighted by atomic mass is 16.5. The van der Waals surface area contributed by atoms with Crippen molar-refractivity contribution >= 4 is 17.4 Å². The first-order chi connectivity index (χ1) is 14.6. The van der Waals surface area contributed by atoms with E-state index in [0.29, 0.717) is 23.1 Å². The topological polar surface area (TPSA) is 81.1 Å². The van der Waals surface area contributed by atoms with Crippen molar-refractivity contribution in [3.8, 4) is 17.4 Å². The van der Waals surface area contributed by atoms with E-state index in [0.717, 1.165) is 16.8 Å². The monoisotopic (exact) mass is 399 g/mol. The normalized spacial score (nSPS) is 10.5. The summed E-state index contributed by atoms with van der Waals surface area (Å²) in [6.45, 7) is 3.98. The van der Waals surface area contributed by atoms with Crippen molar-refractivity contribution in [2.45, 2.75) is 13.8 Å². The van der Waals surface area contributed by atoms with E-state index in [9.17, 15) is 4.79 Å². The second-order valence-corrected chi connectivity index (χ2v) is 6.83. The van der Waals surface area contributed by atoms with Crippen molar-refractivity contribution in [2.24, 2.45) is 0 Å². The number of aromatic nitrogens is 3. The number of hydrogen-bond donors (Lipinski definition) is 2. The number of aryl methyl sites for hydroxylation is 2. The van der Waals surface area contributed by atoms with Gasteiger partial charge in [0.25, 0.3) is 0 Å². The smallest absolute Gasteiger partial charge is 0.323 e. The van der Waals surface area contributed by atoms with Crippen LogP contribution in [0, 0.1) is 13.8 Å². The Morgan fingerprint density at radius 2 is 1.70 bits per heavy atom. The van der Waals surface area contributed by atoms with Gasteiger partial charge in [-0.15, -0.1) is 0 Å². The molecule has 0 spiro atoms. The Labute approximate surface area is 174 Å². The van der Waals surface area contributed by atoms with Crippen LogP contribution in [0.5, 0.6) is 11.6 Å². The van der Waals surface area contributed by atoms with E-state index in [1.807, 2.05) is 61.1 Å². The van der Waals surface area contributed by atoms with E-state index in [1.165, 1.54) is 6.33 Å². The van der Waals surface area contributed by atoms with Crippen molar-refractivity contribution in [1.82, 2.24) is 14.5 Å². The van der Waals surface area contributed by atoms with Gasteiger partial charge in [0.15, 0.2) is 0 Å². The number of carbonyl (C=O) groups excluding carboxylic acids is 1. The van der Waals surface area contributed by atoms with Crippen LogP contribution < -0.4 is 15.4 Å². The van der Waals surface area contributed by atoms with Crippen LogP contribution in [0.1, 0.15) is 11.1 Å². The SMILES string of the molecule is Cc1ccc(NC(=O)Nc2ccc(Oc3cc(-n4cccc4)ncn3)cc2)c(C)c1. The molecule has 7 nitrogen and oxygen atoms in total. The molecule has 0 saturated heterocycles. The number of anilines is 2. The highest BCUT2D eigenvalue weighted by molar-refractivity contribution is 6.00. The highest BCUT2D eigenvalue weighted by Gasteiger charge is 2.07. The molecular weight excluding hydrogens is 378 g/mol. The van der Waals surface area contributed by atoms with Crippen LogP contribution in [0.15, 0.2) is 79.4 Å². The molecule has 0 aliphatic heterocycles. The molecule has 4 rings (SSSR count). The fourth-order valence-corrected chi connectivity index (χ4v) is 2.98. The van der Waals surface area contributed by atoms with Crippen LogP contribution >= 0.6 is 0 Å². The zero-order valence-electron chi connectivity index (χ0n) is 16.7. The standard InChI is InChI=1S/C23H21N5O2/c1-16-5-10-20(17(2)13-16)27-23(29)26-18-6-8-19(9-7-18)30-22-14-21(24-15-25-22)28-11-3-4-12-28/h3-15H,1-2H3,(H2,26,27,29). The molecule has 0 fully saturated rings. The maximum absolute atomic E-state index is 12.3. The third-order valence-electron chi connectivity index (χ3n) is 4.46. The lowest BCUT2D eigenvalue weighted by molar-refractivity contribution is 0.262. The summed E-state index contributed by atoms with van der Waals surface area (Å²) in [5, 5.41) is 5.68. The molecule has 0 saturated carbocycles. The Morgan fingerprint density at radius 1 is 0.933 bits per heavy atom. The molecule has 0 radical (unpaired) electrons. The average Bonchev–Trinajstić information content (AvgIpc) is 3.27. The number of urea groups is 1.